The second kappa shape index (κ2) is 6.44. The van der Waals surface area contributed by atoms with Gasteiger partial charge in [-0.05, 0) is 48.9 Å². The fourth-order valence-corrected chi connectivity index (χ4v) is 4.27. The van der Waals surface area contributed by atoms with Crippen molar-refractivity contribution in [1.29, 1.82) is 0 Å². The molecule has 0 unspecified atom stereocenters. The number of aliphatic carboxylic acids is 1. The zero-order valence-corrected chi connectivity index (χ0v) is 14.4. The van der Waals surface area contributed by atoms with Gasteiger partial charge in [-0.3, -0.25) is 9.59 Å². The summed E-state index contributed by atoms with van der Waals surface area (Å²) < 4.78 is 1.76. The first-order chi connectivity index (χ1) is 12.5. The topological polar surface area (TPSA) is 84.2 Å². The standard InChI is InChI=1S/C20H21N3O3/c1-12(13-4-2-5-16(11-13)23-9-3-8-21-23)22-19(24)17-14-6-7-15(10-14)18(17)20(25)26/h2-9,11-12,14-15,17-18H,10H2,1H3,(H,22,24)(H,25,26)/t12-,14-,15-,17-,18-/m0/s1. The molecule has 2 aromatic rings. The predicted octanol–water partition coefficient (Wildman–Crippen LogP) is 2.57. The molecule has 26 heavy (non-hydrogen) atoms. The summed E-state index contributed by atoms with van der Waals surface area (Å²) in [5.41, 5.74) is 1.87. The molecule has 134 valence electrons. The number of nitrogens with one attached hydrogen (secondary N) is 1. The number of nitrogens with zero attached hydrogens (tertiary/aromatic N) is 2. The Morgan fingerprint density at radius 2 is 2.00 bits per heavy atom. The van der Waals surface area contributed by atoms with Crippen molar-refractivity contribution in [2.45, 2.75) is 19.4 Å². The van der Waals surface area contributed by atoms with Gasteiger partial charge in [0.05, 0.1) is 23.6 Å². The summed E-state index contributed by atoms with van der Waals surface area (Å²) in [5, 5.41) is 16.8. The number of hydrogen-bond acceptors (Lipinski definition) is 3. The van der Waals surface area contributed by atoms with Crippen molar-refractivity contribution in [2.24, 2.45) is 23.7 Å². The van der Waals surface area contributed by atoms with E-state index in [9.17, 15) is 14.7 Å². The van der Waals surface area contributed by atoms with Crippen LogP contribution in [0.3, 0.4) is 0 Å². The minimum absolute atomic E-state index is 0.0216. The zero-order valence-electron chi connectivity index (χ0n) is 14.4. The molecule has 4 rings (SSSR count). The number of hydrogen-bond donors (Lipinski definition) is 2. The van der Waals surface area contributed by atoms with Crippen molar-refractivity contribution in [3.63, 3.8) is 0 Å². The highest BCUT2D eigenvalue weighted by Crippen LogP contribution is 2.48. The van der Waals surface area contributed by atoms with Gasteiger partial charge >= 0.3 is 5.97 Å². The molecule has 6 nitrogen and oxygen atoms in total. The second-order valence-electron chi connectivity index (χ2n) is 7.11. The molecule has 6 heteroatoms. The first-order valence-corrected chi connectivity index (χ1v) is 8.86. The third kappa shape index (κ3) is 2.81. The first kappa shape index (κ1) is 16.6. The van der Waals surface area contributed by atoms with Crippen LogP contribution >= 0.6 is 0 Å². The van der Waals surface area contributed by atoms with Gasteiger partial charge in [0.1, 0.15) is 0 Å². The molecule has 2 aliphatic carbocycles. The smallest absolute Gasteiger partial charge is 0.307 e. The summed E-state index contributed by atoms with van der Waals surface area (Å²) in [7, 11) is 0. The molecule has 1 amide bonds. The highest BCUT2D eigenvalue weighted by atomic mass is 16.4. The highest BCUT2D eigenvalue weighted by molar-refractivity contribution is 5.87. The van der Waals surface area contributed by atoms with Gasteiger partial charge in [-0.2, -0.15) is 5.10 Å². The molecule has 1 aromatic carbocycles. The predicted molar refractivity (Wildman–Crippen MR) is 95.5 cm³/mol. The third-order valence-corrected chi connectivity index (χ3v) is 5.55. The van der Waals surface area contributed by atoms with Crippen molar-refractivity contribution in [3.05, 3.63) is 60.4 Å². The molecular formula is C20H21N3O3. The Bertz CT molecular complexity index is 859. The molecule has 0 spiro atoms. The SMILES string of the molecule is C[C@H](NC(=O)[C@@H]1[C@@H](C(=O)O)[C@H]2C=C[C@H]1C2)c1cccc(-n2cccn2)c1. The molecular weight excluding hydrogens is 330 g/mol. The Kier molecular flexibility index (Phi) is 4.11. The average Bonchev–Trinajstić information content (AvgIpc) is 3.37. The molecule has 2 bridgehead atoms. The Balaban J connectivity index is 1.51. The zero-order chi connectivity index (χ0) is 18.3. The van der Waals surface area contributed by atoms with E-state index in [-0.39, 0.29) is 23.8 Å². The van der Waals surface area contributed by atoms with E-state index in [0.717, 1.165) is 17.7 Å². The maximum atomic E-state index is 12.8. The molecule has 1 saturated carbocycles. The number of carboxylic acids is 1. The number of amides is 1. The number of carbonyl (C=O) groups excluding carboxylic acids is 1. The minimum Gasteiger partial charge on any atom is -0.481 e. The second-order valence-corrected chi connectivity index (χ2v) is 7.11. The van der Waals surface area contributed by atoms with Crippen LogP contribution < -0.4 is 5.32 Å². The van der Waals surface area contributed by atoms with E-state index in [1.54, 1.807) is 10.9 Å². The van der Waals surface area contributed by atoms with Crippen LogP contribution in [0.5, 0.6) is 0 Å². The number of allylic oxidation sites excluding steroid dienone is 2. The molecule has 2 aliphatic rings. The highest BCUT2D eigenvalue weighted by Gasteiger charge is 2.51. The largest absolute Gasteiger partial charge is 0.481 e. The van der Waals surface area contributed by atoms with E-state index in [1.165, 1.54) is 0 Å². The maximum absolute atomic E-state index is 12.8. The summed E-state index contributed by atoms with van der Waals surface area (Å²) in [6.45, 7) is 1.92. The Hall–Kier alpha value is -2.89. The first-order valence-electron chi connectivity index (χ1n) is 8.86. The van der Waals surface area contributed by atoms with E-state index >= 15 is 0 Å². The number of carbonyl (C=O) groups is 2. The van der Waals surface area contributed by atoms with Gasteiger partial charge in [0.15, 0.2) is 0 Å². The van der Waals surface area contributed by atoms with E-state index in [4.69, 9.17) is 0 Å². The Labute approximate surface area is 151 Å². The monoisotopic (exact) mass is 351 g/mol. The fourth-order valence-electron chi connectivity index (χ4n) is 4.27. The summed E-state index contributed by atoms with van der Waals surface area (Å²) in [6.07, 6.45) is 8.29. The van der Waals surface area contributed by atoms with E-state index in [2.05, 4.69) is 10.4 Å². The van der Waals surface area contributed by atoms with Gasteiger partial charge in [-0.25, -0.2) is 4.68 Å². The number of aromatic nitrogens is 2. The average molecular weight is 351 g/mol. The molecule has 1 heterocycles. The molecule has 1 fully saturated rings. The van der Waals surface area contributed by atoms with E-state index < -0.39 is 17.8 Å². The summed E-state index contributed by atoms with van der Waals surface area (Å²) >= 11 is 0. The molecule has 5 atom stereocenters. The van der Waals surface area contributed by atoms with Crippen molar-refractivity contribution in [3.8, 4) is 5.69 Å². The fraction of sp³-hybridized carbons (Fsp3) is 0.350. The summed E-state index contributed by atoms with van der Waals surface area (Å²) in [6, 6.07) is 9.45. The normalized spacial score (nSPS) is 27.4. The van der Waals surface area contributed by atoms with Crippen molar-refractivity contribution >= 4 is 11.9 Å². The van der Waals surface area contributed by atoms with E-state index in [0.29, 0.717) is 0 Å². The van der Waals surface area contributed by atoms with Crippen LogP contribution in [-0.4, -0.2) is 26.8 Å². The van der Waals surface area contributed by atoms with Crippen LogP contribution in [0.15, 0.2) is 54.9 Å². The van der Waals surface area contributed by atoms with Gasteiger partial charge in [0.25, 0.3) is 0 Å². The number of fused-ring (bicyclic) bond motifs is 2. The van der Waals surface area contributed by atoms with Crippen LogP contribution in [0, 0.1) is 23.7 Å². The number of rotatable bonds is 5. The molecule has 2 N–H and O–H groups in total. The minimum atomic E-state index is -0.879. The lowest BCUT2D eigenvalue weighted by molar-refractivity contribution is -0.148. The van der Waals surface area contributed by atoms with Crippen LogP contribution in [0.1, 0.15) is 24.9 Å². The quantitative estimate of drug-likeness (QED) is 0.811. The van der Waals surface area contributed by atoms with Crippen LogP contribution in [0.4, 0.5) is 0 Å². The molecule has 0 aliphatic heterocycles. The lowest BCUT2D eigenvalue weighted by Gasteiger charge is -2.26. The van der Waals surface area contributed by atoms with Crippen LogP contribution in [0.25, 0.3) is 5.69 Å². The van der Waals surface area contributed by atoms with Crippen molar-refractivity contribution in [2.75, 3.05) is 0 Å². The van der Waals surface area contributed by atoms with Gasteiger partial charge in [-0.15, -0.1) is 0 Å². The maximum Gasteiger partial charge on any atom is 0.307 e. The Morgan fingerprint density at radius 1 is 1.23 bits per heavy atom. The van der Waals surface area contributed by atoms with Gasteiger partial charge in [-0.1, -0.05) is 24.3 Å². The van der Waals surface area contributed by atoms with Gasteiger partial charge in [0, 0.05) is 12.4 Å². The lowest BCUT2D eigenvalue weighted by Crippen LogP contribution is -2.41. The van der Waals surface area contributed by atoms with Crippen molar-refractivity contribution in [1.82, 2.24) is 15.1 Å². The summed E-state index contributed by atoms with van der Waals surface area (Å²) in [5.74, 6) is -2.15. The molecule has 1 aromatic heterocycles. The summed E-state index contributed by atoms with van der Waals surface area (Å²) in [4.78, 5) is 24.4. The van der Waals surface area contributed by atoms with Gasteiger partial charge < -0.3 is 10.4 Å². The van der Waals surface area contributed by atoms with Crippen LogP contribution in [0.2, 0.25) is 0 Å². The van der Waals surface area contributed by atoms with E-state index in [1.807, 2.05) is 55.6 Å². The molecule has 0 radical (unpaired) electrons. The van der Waals surface area contributed by atoms with Gasteiger partial charge in [0.2, 0.25) is 5.91 Å². The van der Waals surface area contributed by atoms with Crippen molar-refractivity contribution < 1.29 is 14.7 Å². The lowest BCUT2D eigenvalue weighted by atomic mass is 9.82. The van der Waals surface area contributed by atoms with Crippen LogP contribution in [-0.2, 0) is 9.59 Å². The third-order valence-electron chi connectivity index (χ3n) is 5.55. The number of benzene rings is 1. The molecule has 0 saturated heterocycles. The Morgan fingerprint density at radius 3 is 2.69 bits per heavy atom. The number of carboxylic acid groups (broad SMARTS) is 1.